The number of aryl methyl sites for hydroxylation is 1. The third kappa shape index (κ3) is 2.49. The molecule has 0 aliphatic carbocycles. The highest BCUT2D eigenvalue weighted by Gasteiger charge is 2.02. The van der Waals surface area contributed by atoms with Gasteiger partial charge in [-0.1, -0.05) is 23.7 Å². The van der Waals surface area contributed by atoms with Crippen LogP contribution in [0, 0.1) is 6.92 Å². The topological polar surface area (TPSA) is 45.8 Å². The van der Waals surface area contributed by atoms with E-state index >= 15 is 0 Å². The maximum absolute atomic E-state index is 11.5. The molecule has 2 rings (SSSR count). The predicted molar refractivity (Wildman–Crippen MR) is 63.9 cm³/mol. The molecule has 0 saturated heterocycles. The lowest BCUT2D eigenvalue weighted by Gasteiger charge is -2.01. The highest BCUT2D eigenvalue weighted by molar-refractivity contribution is 6.30. The van der Waals surface area contributed by atoms with Crippen LogP contribution in [0.3, 0.4) is 0 Å². The number of rotatable bonds is 2. The number of nitrogens with one attached hydrogen (secondary N) is 1. The summed E-state index contributed by atoms with van der Waals surface area (Å²) in [4.78, 5) is 11.5. The average Bonchev–Trinajstić information content (AvgIpc) is 2.27. The first-order valence-electron chi connectivity index (χ1n) is 4.95. The molecule has 1 aromatic heterocycles. The van der Waals surface area contributed by atoms with Crippen molar-refractivity contribution in [2.45, 2.75) is 13.3 Å². The Morgan fingerprint density at radius 3 is 2.69 bits per heavy atom. The number of H-pyrrole nitrogens is 1. The second-order valence-electron chi connectivity index (χ2n) is 3.67. The van der Waals surface area contributed by atoms with Crippen LogP contribution >= 0.6 is 11.6 Å². The molecule has 0 radical (unpaired) electrons. The summed E-state index contributed by atoms with van der Waals surface area (Å²) in [5.74, 6) is 0. The molecule has 0 aliphatic heterocycles. The summed E-state index contributed by atoms with van der Waals surface area (Å²) in [6.07, 6.45) is 0.593. The molecule has 1 heterocycles. The summed E-state index contributed by atoms with van der Waals surface area (Å²) in [6.45, 7) is 1.85. The van der Waals surface area contributed by atoms with E-state index in [0.717, 1.165) is 16.8 Å². The molecule has 3 nitrogen and oxygen atoms in total. The van der Waals surface area contributed by atoms with Crippen LogP contribution in [0.15, 0.2) is 35.1 Å². The lowest BCUT2D eigenvalue weighted by Crippen LogP contribution is -2.14. The van der Waals surface area contributed by atoms with Crippen molar-refractivity contribution in [3.05, 3.63) is 62.5 Å². The van der Waals surface area contributed by atoms with Crippen LogP contribution in [0.5, 0.6) is 0 Å². The molecule has 0 bridgehead atoms. The van der Waals surface area contributed by atoms with Crippen LogP contribution in [-0.2, 0) is 6.42 Å². The summed E-state index contributed by atoms with van der Waals surface area (Å²) >= 11 is 5.79. The highest BCUT2D eigenvalue weighted by Crippen LogP contribution is 2.11. The zero-order valence-corrected chi connectivity index (χ0v) is 9.58. The number of hydrogen-bond donors (Lipinski definition) is 1. The zero-order chi connectivity index (χ0) is 11.5. The fraction of sp³-hybridized carbons (Fsp3) is 0.167. The van der Waals surface area contributed by atoms with Crippen molar-refractivity contribution in [1.29, 1.82) is 0 Å². The zero-order valence-electron chi connectivity index (χ0n) is 8.83. The fourth-order valence-corrected chi connectivity index (χ4v) is 1.64. The summed E-state index contributed by atoms with van der Waals surface area (Å²) in [5, 5.41) is 7.00. The van der Waals surface area contributed by atoms with Gasteiger partial charge in [-0.15, -0.1) is 0 Å². The van der Waals surface area contributed by atoms with Crippen LogP contribution in [-0.4, -0.2) is 10.2 Å². The van der Waals surface area contributed by atoms with Gasteiger partial charge in [0.25, 0.3) is 5.56 Å². The van der Waals surface area contributed by atoms with Gasteiger partial charge in [-0.05, 0) is 30.7 Å². The fourth-order valence-electron chi connectivity index (χ4n) is 1.51. The van der Waals surface area contributed by atoms with Crippen molar-refractivity contribution < 1.29 is 0 Å². The van der Waals surface area contributed by atoms with E-state index in [9.17, 15) is 4.79 Å². The smallest absolute Gasteiger partial charge is 0.267 e. The van der Waals surface area contributed by atoms with Gasteiger partial charge in [-0.2, -0.15) is 5.10 Å². The summed E-state index contributed by atoms with van der Waals surface area (Å²) in [5.41, 5.74) is 2.44. The van der Waals surface area contributed by atoms with E-state index in [1.54, 1.807) is 6.07 Å². The van der Waals surface area contributed by atoms with Gasteiger partial charge in [0.15, 0.2) is 0 Å². The Labute approximate surface area is 98.1 Å². The minimum Gasteiger partial charge on any atom is -0.268 e. The van der Waals surface area contributed by atoms with Crippen LogP contribution in [0.25, 0.3) is 0 Å². The molecule has 82 valence electrons. The first-order chi connectivity index (χ1) is 7.65. The van der Waals surface area contributed by atoms with Crippen molar-refractivity contribution in [3.8, 4) is 0 Å². The Morgan fingerprint density at radius 2 is 2.00 bits per heavy atom. The normalized spacial score (nSPS) is 10.4. The Bertz CT molecular complexity index is 546. The third-order valence-corrected chi connectivity index (χ3v) is 2.57. The Morgan fingerprint density at radius 1 is 1.31 bits per heavy atom. The molecule has 0 fully saturated rings. The van der Waals surface area contributed by atoms with E-state index in [0.29, 0.717) is 11.4 Å². The Hall–Kier alpha value is -1.61. The van der Waals surface area contributed by atoms with E-state index in [2.05, 4.69) is 10.2 Å². The van der Waals surface area contributed by atoms with Crippen molar-refractivity contribution in [2.75, 3.05) is 0 Å². The molecule has 1 aromatic carbocycles. The van der Waals surface area contributed by atoms with Gasteiger partial charge >= 0.3 is 0 Å². The lowest BCUT2D eigenvalue weighted by atomic mass is 10.1. The van der Waals surface area contributed by atoms with Gasteiger partial charge in [-0.25, -0.2) is 5.10 Å². The number of hydrogen-bond acceptors (Lipinski definition) is 2. The molecule has 0 spiro atoms. The van der Waals surface area contributed by atoms with Crippen molar-refractivity contribution in [3.63, 3.8) is 0 Å². The van der Waals surface area contributed by atoms with Crippen molar-refractivity contribution in [2.24, 2.45) is 0 Å². The summed E-state index contributed by atoms with van der Waals surface area (Å²) in [6, 6.07) is 9.26. The van der Waals surface area contributed by atoms with E-state index < -0.39 is 0 Å². The number of aromatic amines is 1. The molecule has 0 amide bonds. The standard InChI is InChI=1S/C12H11ClN2O/c1-8-6-10(12(16)15-14-8)7-9-2-4-11(13)5-3-9/h2-6H,7H2,1H3,(H,15,16). The Balaban J connectivity index is 2.30. The van der Waals surface area contributed by atoms with Crippen LogP contribution < -0.4 is 5.56 Å². The molecular weight excluding hydrogens is 224 g/mol. The maximum atomic E-state index is 11.5. The summed E-state index contributed by atoms with van der Waals surface area (Å²) in [7, 11) is 0. The largest absolute Gasteiger partial charge is 0.268 e. The molecule has 2 aromatic rings. The van der Waals surface area contributed by atoms with Crippen molar-refractivity contribution >= 4 is 11.6 Å². The van der Waals surface area contributed by atoms with E-state index in [-0.39, 0.29) is 5.56 Å². The van der Waals surface area contributed by atoms with Crippen LogP contribution in [0.4, 0.5) is 0 Å². The molecule has 16 heavy (non-hydrogen) atoms. The minimum atomic E-state index is -0.138. The maximum Gasteiger partial charge on any atom is 0.267 e. The molecule has 1 N–H and O–H groups in total. The van der Waals surface area contributed by atoms with Gasteiger partial charge in [0.1, 0.15) is 0 Å². The second-order valence-corrected chi connectivity index (χ2v) is 4.10. The number of nitrogens with zero attached hydrogens (tertiary/aromatic N) is 1. The van der Waals surface area contributed by atoms with Crippen LogP contribution in [0.2, 0.25) is 5.02 Å². The quantitative estimate of drug-likeness (QED) is 0.867. The second kappa shape index (κ2) is 4.49. The predicted octanol–water partition coefficient (Wildman–Crippen LogP) is 2.32. The van der Waals surface area contributed by atoms with Gasteiger partial charge in [-0.3, -0.25) is 4.79 Å². The Kier molecular flexibility index (Phi) is 3.06. The van der Waals surface area contributed by atoms with Crippen molar-refractivity contribution in [1.82, 2.24) is 10.2 Å². The third-order valence-electron chi connectivity index (χ3n) is 2.32. The van der Waals surface area contributed by atoms with E-state index in [4.69, 9.17) is 11.6 Å². The molecule has 0 saturated carbocycles. The minimum absolute atomic E-state index is 0.138. The van der Waals surface area contributed by atoms with E-state index in [1.165, 1.54) is 0 Å². The van der Waals surface area contributed by atoms with Gasteiger partial charge in [0.05, 0.1) is 5.69 Å². The molecular formula is C12H11ClN2O. The SMILES string of the molecule is Cc1cc(Cc2ccc(Cl)cc2)c(=O)[nH]n1. The number of aromatic nitrogens is 2. The number of halogens is 1. The summed E-state index contributed by atoms with van der Waals surface area (Å²) < 4.78 is 0. The average molecular weight is 235 g/mol. The first kappa shape index (κ1) is 10.9. The van der Waals surface area contributed by atoms with Gasteiger partial charge < -0.3 is 0 Å². The molecule has 4 heteroatoms. The molecule has 0 unspecified atom stereocenters. The van der Waals surface area contributed by atoms with E-state index in [1.807, 2.05) is 31.2 Å². The highest BCUT2D eigenvalue weighted by atomic mass is 35.5. The molecule has 0 atom stereocenters. The van der Waals surface area contributed by atoms with Gasteiger partial charge in [0, 0.05) is 17.0 Å². The lowest BCUT2D eigenvalue weighted by molar-refractivity contribution is 0.913. The van der Waals surface area contributed by atoms with Crippen LogP contribution in [0.1, 0.15) is 16.8 Å². The molecule has 0 aliphatic rings. The van der Waals surface area contributed by atoms with Gasteiger partial charge in [0.2, 0.25) is 0 Å². The number of benzene rings is 1. The first-order valence-corrected chi connectivity index (χ1v) is 5.32. The monoisotopic (exact) mass is 234 g/mol.